The molecular formula is C31H48N4O5. The van der Waals surface area contributed by atoms with Crippen molar-refractivity contribution < 1.29 is 23.9 Å². The molecule has 0 fully saturated rings. The molecule has 9 heteroatoms. The van der Waals surface area contributed by atoms with Crippen molar-refractivity contribution >= 4 is 23.8 Å². The first-order valence-electron chi connectivity index (χ1n) is 14.4. The Morgan fingerprint density at radius 2 is 1.62 bits per heavy atom. The highest BCUT2D eigenvalue weighted by Gasteiger charge is 2.36. The third-order valence-corrected chi connectivity index (χ3v) is 6.24. The Morgan fingerprint density at radius 3 is 2.17 bits per heavy atom. The number of nitrogens with two attached hydrogens (primary N) is 1. The van der Waals surface area contributed by atoms with Crippen molar-refractivity contribution in [1.29, 1.82) is 0 Å². The van der Waals surface area contributed by atoms with E-state index in [1.807, 2.05) is 0 Å². The molecule has 0 radical (unpaired) electrons. The lowest BCUT2D eigenvalue weighted by Crippen LogP contribution is -2.53. The number of ether oxygens (including phenoxy) is 1. The lowest BCUT2D eigenvalue weighted by Gasteiger charge is -2.34. The Balaban J connectivity index is 3.48. The van der Waals surface area contributed by atoms with Crippen LogP contribution in [0.25, 0.3) is 0 Å². The van der Waals surface area contributed by atoms with Crippen LogP contribution in [0.3, 0.4) is 0 Å². The first-order chi connectivity index (χ1) is 18.9. The van der Waals surface area contributed by atoms with Crippen LogP contribution in [-0.4, -0.2) is 53.4 Å². The number of terminal acetylenes is 1. The van der Waals surface area contributed by atoms with Crippen LogP contribution in [0.15, 0.2) is 24.3 Å². The minimum Gasteiger partial charge on any atom is -0.444 e. The molecule has 2 atom stereocenters. The van der Waals surface area contributed by atoms with Gasteiger partial charge in [-0.15, -0.1) is 6.42 Å². The monoisotopic (exact) mass is 556 g/mol. The van der Waals surface area contributed by atoms with Crippen LogP contribution >= 0.6 is 0 Å². The first kappa shape index (κ1) is 34.5. The van der Waals surface area contributed by atoms with E-state index >= 15 is 0 Å². The van der Waals surface area contributed by atoms with E-state index in [9.17, 15) is 19.2 Å². The second-order valence-corrected chi connectivity index (χ2v) is 11.0. The van der Waals surface area contributed by atoms with Crippen molar-refractivity contribution in [2.45, 2.75) is 110 Å². The fraction of sp³-hybridized carbons (Fsp3) is 0.613. The van der Waals surface area contributed by atoms with E-state index in [4.69, 9.17) is 16.9 Å². The van der Waals surface area contributed by atoms with Crippen molar-refractivity contribution in [2.75, 3.05) is 13.1 Å². The maximum Gasteiger partial charge on any atom is 0.408 e. The molecule has 0 aliphatic rings. The number of nitrogens with one attached hydrogen (secondary N) is 2. The predicted octanol–water partition coefficient (Wildman–Crippen LogP) is 4.58. The standard InChI is InChI=1S/C31H48N4O5/c1-7-10-12-14-22-35(29(38)25(19-20-26(32)36)34-30(39)40-31(4,5)6)27(28(37)33-21-13-11-8-2)24-17-15-23(9-3)16-18-24/h3,15-18,25,27H,7-8,10-14,19-22H2,1-2,4-6H3,(H2,32,36)(H,33,37)(H,34,39). The van der Waals surface area contributed by atoms with Gasteiger partial charge in [0.05, 0.1) is 0 Å². The van der Waals surface area contributed by atoms with Crippen molar-refractivity contribution in [3.05, 3.63) is 35.4 Å². The normalized spacial score (nSPS) is 12.5. The Kier molecular flexibility index (Phi) is 15.5. The van der Waals surface area contributed by atoms with Gasteiger partial charge in [0.2, 0.25) is 17.7 Å². The van der Waals surface area contributed by atoms with Gasteiger partial charge in [0.15, 0.2) is 0 Å². The summed E-state index contributed by atoms with van der Waals surface area (Å²) in [6.07, 6.45) is 10.9. The van der Waals surface area contributed by atoms with E-state index < -0.39 is 35.6 Å². The van der Waals surface area contributed by atoms with Crippen LogP contribution in [0.4, 0.5) is 4.79 Å². The molecule has 40 heavy (non-hydrogen) atoms. The van der Waals surface area contributed by atoms with Crippen molar-refractivity contribution in [3.8, 4) is 12.3 Å². The summed E-state index contributed by atoms with van der Waals surface area (Å²) >= 11 is 0. The van der Waals surface area contributed by atoms with Crippen LogP contribution in [-0.2, 0) is 19.1 Å². The SMILES string of the molecule is C#Cc1ccc(C(C(=O)NCCCCC)N(CCCCCC)C(=O)C(CCC(N)=O)NC(=O)OC(C)(C)C)cc1. The van der Waals surface area contributed by atoms with Crippen LogP contribution in [0.1, 0.15) is 110 Å². The highest BCUT2D eigenvalue weighted by Crippen LogP contribution is 2.25. The van der Waals surface area contributed by atoms with Gasteiger partial charge in [0.1, 0.15) is 17.7 Å². The Morgan fingerprint density at radius 1 is 1.00 bits per heavy atom. The summed E-state index contributed by atoms with van der Waals surface area (Å²) in [5.41, 5.74) is 5.84. The van der Waals surface area contributed by atoms with E-state index in [-0.39, 0.29) is 25.3 Å². The molecule has 0 heterocycles. The molecule has 9 nitrogen and oxygen atoms in total. The van der Waals surface area contributed by atoms with Gasteiger partial charge in [-0.1, -0.05) is 64.0 Å². The Labute approximate surface area is 240 Å². The van der Waals surface area contributed by atoms with E-state index in [0.29, 0.717) is 24.1 Å². The van der Waals surface area contributed by atoms with Crippen LogP contribution in [0, 0.1) is 12.3 Å². The van der Waals surface area contributed by atoms with Gasteiger partial charge in [-0.3, -0.25) is 14.4 Å². The topological polar surface area (TPSA) is 131 Å². The highest BCUT2D eigenvalue weighted by molar-refractivity contribution is 5.92. The number of carbonyl (C=O) groups excluding carboxylic acids is 4. The third-order valence-electron chi connectivity index (χ3n) is 6.24. The van der Waals surface area contributed by atoms with Crippen molar-refractivity contribution in [2.24, 2.45) is 5.73 Å². The number of unbranched alkanes of at least 4 members (excludes halogenated alkanes) is 5. The van der Waals surface area contributed by atoms with Gasteiger partial charge in [-0.2, -0.15) is 0 Å². The summed E-state index contributed by atoms with van der Waals surface area (Å²) in [4.78, 5) is 53.6. The third kappa shape index (κ3) is 13.0. The average molecular weight is 557 g/mol. The minimum atomic E-state index is -1.12. The summed E-state index contributed by atoms with van der Waals surface area (Å²) in [5.74, 6) is 1.16. The van der Waals surface area contributed by atoms with Crippen molar-refractivity contribution in [1.82, 2.24) is 15.5 Å². The molecule has 0 aliphatic carbocycles. The quantitative estimate of drug-likeness (QED) is 0.191. The molecule has 2 unspecified atom stereocenters. The minimum absolute atomic E-state index is 0.0280. The lowest BCUT2D eigenvalue weighted by atomic mass is 9.99. The summed E-state index contributed by atoms with van der Waals surface area (Å²) in [5, 5.41) is 5.60. The van der Waals surface area contributed by atoms with Gasteiger partial charge in [0.25, 0.3) is 0 Å². The second kappa shape index (κ2) is 17.9. The number of alkyl carbamates (subject to hydrolysis) is 1. The lowest BCUT2D eigenvalue weighted by molar-refractivity contribution is -0.142. The summed E-state index contributed by atoms with van der Waals surface area (Å²) in [7, 11) is 0. The molecule has 0 aromatic heterocycles. The van der Waals surface area contributed by atoms with Crippen molar-refractivity contribution in [3.63, 3.8) is 0 Å². The fourth-order valence-electron chi connectivity index (χ4n) is 4.19. The van der Waals surface area contributed by atoms with E-state index in [2.05, 4.69) is 30.4 Å². The number of primary amides is 1. The number of hydrogen-bond donors (Lipinski definition) is 3. The number of nitrogens with zero attached hydrogens (tertiary/aromatic N) is 1. The van der Waals surface area contributed by atoms with E-state index in [1.165, 1.54) is 4.90 Å². The molecule has 222 valence electrons. The van der Waals surface area contributed by atoms with Gasteiger partial charge in [-0.25, -0.2) is 4.79 Å². The van der Waals surface area contributed by atoms with E-state index in [1.54, 1.807) is 45.0 Å². The predicted molar refractivity (Wildman–Crippen MR) is 157 cm³/mol. The molecule has 1 rings (SSSR count). The molecule has 0 saturated carbocycles. The van der Waals surface area contributed by atoms with Gasteiger partial charge in [0, 0.05) is 25.1 Å². The first-order valence-corrected chi connectivity index (χ1v) is 14.4. The molecule has 0 spiro atoms. The zero-order chi connectivity index (χ0) is 30.1. The van der Waals surface area contributed by atoms with E-state index in [0.717, 1.165) is 38.5 Å². The van der Waals surface area contributed by atoms with Gasteiger partial charge < -0.3 is 26.0 Å². The zero-order valence-corrected chi connectivity index (χ0v) is 24.9. The molecule has 0 aliphatic heterocycles. The Hall–Kier alpha value is -3.54. The fourth-order valence-corrected chi connectivity index (χ4v) is 4.19. The average Bonchev–Trinajstić information content (AvgIpc) is 2.89. The molecule has 1 aromatic rings. The number of carbonyl (C=O) groups is 4. The molecular weight excluding hydrogens is 508 g/mol. The molecule has 1 aromatic carbocycles. The van der Waals surface area contributed by atoms with Crippen LogP contribution in [0.2, 0.25) is 0 Å². The van der Waals surface area contributed by atoms with Gasteiger partial charge >= 0.3 is 6.09 Å². The number of benzene rings is 1. The molecule has 0 saturated heterocycles. The van der Waals surface area contributed by atoms with Crippen LogP contribution < -0.4 is 16.4 Å². The number of rotatable bonds is 17. The Bertz CT molecular complexity index is 994. The molecule has 0 bridgehead atoms. The molecule has 4 N–H and O–H groups in total. The number of hydrogen-bond acceptors (Lipinski definition) is 5. The molecule has 4 amide bonds. The summed E-state index contributed by atoms with van der Waals surface area (Å²) < 4.78 is 5.38. The van der Waals surface area contributed by atoms with Gasteiger partial charge in [-0.05, 0) is 57.7 Å². The maximum atomic E-state index is 14.1. The maximum absolute atomic E-state index is 14.1. The summed E-state index contributed by atoms with van der Waals surface area (Å²) in [6.45, 7) is 10.1. The van der Waals surface area contributed by atoms with Crippen LogP contribution in [0.5, 0.6) is 0 Å². The second-order valence-electron chi connectivity index (χ2n) is 11.0. The zero-order valence-electron chi connectivity index (χ0n) is 24.9. The largest absolute Gasteiger partial charge is 0.444 e. The number of amides is 4. The highest BCUT2D eigenvalue weighted by atomic mass is 16.6. The summed E-state index contributed by atoms with van der Waals surface area (Å²) in [6, 6.07) is 4.88. The smallest absolute Gasteiger partial charge is 0.408 e.